The summed E-state index contributed by atoms with van der Waals surface area (Å²) in [6, 6.07) is 7.37. The van der Waals surface area contributed by atoms with E-state index >= 15 is 0 Å². The standard InChI is InChI=1S/C22H25ClN4O2S/c1-16-19(7-14-29-18-5-3-17(23)4-6-18)30-21(26-16)22(28)8-2-12-27(13-9-22)20-15-24-10-11-25-20/h3-6,10-11,15,28H,2,7-9,12-14H2,1H3. The van der Waals surface area contributed by atoms with E-state index in [1.54, 1.807) is 29.9 Å². The molecule has 8 heteroatoms. The van der Waals surface area contributed by atoms with Gasteiger partial charge in [0.2, 0.25) is 0 Å². The van der Waals surface area contributed by atoms with Crippen molar-refractivity contribution in [3.8, 4) is 5.75 Å². The van der Waals surface area contributed by atoms with Crippen LogP contribution in [0.3, 0.4) is 0 Å². The van der Waals surface area contributed by atoms with E-state index < -0.39 is 5.60 Å². The Bertz CT molecular complexity index is 967. The second-order valence-corrected chi connectivity index (χ2v) is 9.04. The Labute approximate surface area is 185 Å². The van der Waals surface area contributed by atoms with Crippen LogP contribution in [0.2, 0.25) is 5.02 Å². The first-order chi connectivity index (χ1) is 14.5. The number of aliphatic hydroxyl groups is 1. The summed E-state index contributed by atoms with van der Waals surface area (Å²) in [6.45, 7) is 4.14. The van der Waals surface area contributed by atoms with E-state index in [1.165, 1.54) is 0 Å². The first-order valence-electron chi connectivity index (χ1n) is 10.1. The summed E-state index contributed by atoms with van der Waals surface area (Å²) in [5.41, 5.74) is 0.0694. The molecule has 0 spiro atoms. The Kier molecular flexibility index (Phi) is 6.51. The van der Waals surface area contributed by atoms with E-state index in [1.807, 2.05) is 31.2 Å². The molecule has 1 fully saturated rings. The van der Waals surface area contributed by atoms with Crippen LogP contribution in [-0.2, 0) is 12.0 Å². The van der Waals surface area contributed by atoms with Crippen molar-refractivity contribution in [2.75, 3.05) is 24.6 Å². The van der Waals surface area contributed by atoms with Gasteiger partial charge in [0.05, 0.1) is 18.5 Å². The molecule has 2 aromatic heterocycles. The lowest BCUT2D eigenvalue weighted by Gasteiger charge is -2.25. The fourth-order valence-corrected chi connectivity index (χ4v) is 4.98. The van der Waals surface area contributed by atoms with Crippen LogP contribution in [0.15, 0.2) is 42.9 Å². The number of hydrogen-bond acceptors (Lipinski definition) is 7. The molecule has 30 heavy (non-hydrogen) atoms. The summed E-state index contributed by atoms with van der Waals surface area (Å²) in [4.78, 5) is 16.6. The third-order valence-electron chi connectivity index (χ3n) is 5.39. The summed E-state index contributed by atoms with van der Waals surface area (Å²) in [7, 11) is 0. The molecular weight excluding hydrogens is 420 g/mol. The summed E-state index contributed by atoms with van der Waals surface area (Å²) in [5.74, 6) is 1.66. The minimum atomic E-state index is -0.901. The third kappa shape index (κ3) is 4.91. The fourth-order valence-electron chi connectivity index (χ4n) is 3.67. The zero-order valence-corrected chi connectivity index (χ0v) is 18.5. The largest absolute Gasteiger partial charge is 0.493 e. The number of nitrogens with zero attached hydrogens (tertiary/aromatic N) is 4. The Morgan fingerprint density at radius 3 is 2.80 bits per heavy atom. The van der Waals surface area contributed by atoms with E-state index in [4.69, 9.17) is 21.3 Å². The van der Waals surface area contributed by atoms with E-state index in [2.05, 4.69) is 14.9 Å². The van der Waals surface area contributed by atoms with Crippen molar-refractivity contribution >= 4 is 28.8 Å². The van der Waals surface area contributed by atoms with Crippen molar-refractivity contribution in [2.45, 2.75) is 38.2 Å². The van der Waals surface area contributed by atoms with E-state index in [0.29, 0.717) is 24.5 Å². The van der Waals surface area contributed by atoms with Crippen LogP contribution in [0.1, 0.15) is 34.8 Å². The van der Waals surface area contributed by atoms with Crippen molar-refractivity contribution in [3.05, 3.63) is 63.5 Å². The average Bonchev–Trinajstić information content (AvgIpc) is 3.01. The van der Waals surface area contributed by atoms with Gasteiger partial charge in [-0.25, -0.2) is 9.97 Å². The van der Waals surface area contributed by atoms with Crippen molar-refractivity contribution in [1.29, 1.82) is 0 Å². The van der Waals surface area contributed by atoms with Gasteiger partial charge in [0, 0.05) is 48.2 Å². The van der Waals surface area contributed by atoms with Gasteiger partial charge in [-0.1, -0.05) is 11.6 Å². The average molecular weight is 445 g/mol. The van der Waals surface area contributed by atoms with Crippen LogP contribution in [-0.4, -0.2) is 39.8 Å². The van der Waals surface area contributed by atoms with Crippen LogP contribution in [0.25, 0.3) is 0 Å². The van der Waals surface area contributed by atoms with Crippen LogP contribution in [0.5, 0.6) is 5.75 Å². The Balaban J connectivity index is 1.39. The Hall–Kier alpha value is -2.22. The van der Waals surface area contributed by atoms with Gasteiger partial charge < -0.3 is 14.7 Å². The van der Waals surface area contributed by atoms with Gasteiger partial charge in [-0.3, -0.25) is 4.98 Å². The predicted octanol–water partition coefficient (Wildman–Crippen LogP) is 4.39. The number of hydrogen-bond donors (Lipinski definition) is 1. The number of aryl methyl sites for hydroxylation is 1. The van der Waals surface area contributed by atoms with Gasteiger partial charge in [0.15, 0.2) is 0 Å². The van der Waals surface area contributed by atoms with Crippen molar-refractivity contribution < 1.29 is 9.84 Å². The maximum absolute atomic E-state index is 11.4. The number of aromatic nitrogens is 3. The molecule has 1 unspecified atom stereocenters. The summed E-state index contributed by atoms with van der Waals surface area (Å²) < 4.78 is 5.82. The van der Waals surface area contributed by atoms with Gasteiger partial charge >= 0.3 is 0 Å². The first kappa shape index (κ1) is 21.0. The van der Waals surface area contributed by atoms with Crippen LogP contribution < -0.4 is 9.64 Å². The molecule has 3 heterocycles. The molecule has 3 aromatic rings. The molecule has 1 aliphatic heterocycles. The Morgan fingerprint density at radius 2 is 2.03 bits per heavy atom. The highest BCUT2D eigenvalue weighted by Gasteiger charge is 2.35. The van der Waals surface area contributed by atoms with E-state index in [9.17, 15) is 5.11 Å². The molecule has 1 aliphatic rings. The fraction of sp³-hybridized carbons (Fsp3) is 0.409. The zero-order chi connectivity index (χ0) is 21.0. The monoisotopic (exact) mass is 444 g/mol. The SMILES string of the molecule is Cc1nc(C2(O)CCCN(c3cnccn3)CC2)sc1CCOc1ccc(Cl)cc1. The van der Waals surface area contributed by atoms with Crippen molar-refractivity contribution in [1.82, 2.24) is 15.0 Å². The number of thiazole rings is 1. The summed E-state index contributed by atoms with van der Waals surface area (Å²) in [6.07, 6.45) is 8.10. The van der Waals surface area contributed by atoms with Gasteiger partial charge in [0.25, 0.3) is 0 Å². The minimum absolute atomic E-state index is 0.559. The lowest BCUT2D eigenvalue weighted by Crippen LogP contribution is -2.29. The minimum Gasteiger partial charge on any atom is -0.493 e. The quantitative estimate of drug-likeness (QED) is 0.607. The van der Waals surface area contributed by atoms with Gasteiger partial charge in [-0.15, -0.1) is 11.3 Å². The number of rotatable bonds is 6. The molecular formula is C22H25ClN4O2S. The Morgan fingerprint density at radius 1 is 1.20 bits per heavy atom. The van der Waals surface area contributed by atoms with E-state index in [-0.39, 0.29) is 0 Å². The molecule has 1 saturated heterocycles. The number of halogens is 1. The highest BCUT2D eigenvalue weighted by atomic mass is 35.5. The van der Waals surface area contributed by atoms with Crippen LogP contribution >= 0.6 is 22.9 Å². The smallest absolute Gasteiger partial charge is 0.147 e. The molecule has 0 radical (unpaired) electrons. The van der Waals surface area contributed by atoms with Gasteiger partial charge in [0.1, 0.15) is 22.2 Å². The first-order valence-corrected chi connectivity index (χ1v) is 11.3. The van der Waals surface area contributed by atoms with Crippen molar-refractivity contribution in [3.63, 3.8) is 0 Å². The van der Waals surface area contributed by atoms with E-state index in [0.717, 1.165) is 53.1 Å². The van der Waals surface area contributed by atoms with Crippen LogP contribution in [0, 0.1) is 6.92 Å². The highest BCUT2D eigenvalue weighted by Crippen LogP contribution is 2.37. The molecule has 0 amide bonds. The molecule has 6 nitrogen and oxygen atoms in total. The molecule has 4 rings (SSSR count). The second-order valence-electron chi connectivity index (χ2n) is 7.52. The predicted molar refractivity (Wildman–Crippen MR) is 119 cm³/mol. The molecule has 0 saturated carbocycles. The maximum atomic E-state index is 11.4. The third-order valence-corrected chi connectivity index (χ3v) is 7.05. The lowest BCUT2D eigenvalue weighted by molar-refractivity contribution is 0.0241. The normalized spacial score (nSPS) is 19.5. The van der Waals surface area contributed by atoms with Crippen LogP contribution in [0.4, 0.5) is 5.82 Å². The number of benzene rings is 1. The number of anilines is 1. The number of ether oxygens (including phenoxy) is 1. The van der Waals surface area contributed by atoms with Gasteiger partial charge in [-0.05, 0) is 44.0 Å². The molecule has 1 aromatic carbocycles. The molecule has 158 valence electrons. The van der Waals surface area contributed by atoms with Crippen molar-refractivity contribution in [2.24, 2.45) is 0 Å². The lowest BCUT2D eigenvalue weighted by atomic mass is 9.96. The second kappa shape index (κ2) is 9.29. The highest BCUT2D eigenvalue weighted by molar-refractivity contribution is 7.11. The molecule has 0 bridgehead atoms. The molecule has 1 atom stereocenters. The molecule has 0 aliphatic carbocycles. The zero-order valence-electron chi connectivity index (χ0n) is 16.9. The maximum Gasteiger partial charge on any atom is 0.147 e. The topological polar surface area (TPSA) is 71.4 Å². The summed E-state index contributed by atoms with van der Waals surface area (Å²) in [5, 5.41) is 12.9. The molecule has 1 N–H and O–H groups in total. The summed E-state index contributed by atoms with van der Waals surface area (Å²) >= 11 is 7.51. The van der Waals surface area contributed by atoms with Gasteiger partial charge in [-0.2, -0.15) is 0 Å².